The Hall–Kier alpha value is -8.60. The molecule has 0 aromatic heterocycles. The first-order valence-corrected chi connectivity index (χ1v) is 24.5. The van der Waals surface area contributed by atoms with Crippen LogP contribution in [0.15, 0.2) is 103 Å². The average molecular weight is 1060 g/mol. The normalized spacial score (nSPS) is 12.5. The van der Waals surface area contributed by atoms with E-state index in [0.29, 0.717) is 42.6 Å². The van der Waals surface area contributed by atoms with Crippen molar-refractivity contribution in [1.82, 2.24) is 37.2 Å². The molecule has 3 aromatic rings. The van der Waals surface area contributed by atoms with Gasteiger partial charge >= 0.3 is 23.9 Å². The predicted octanol–water partition coefficient (Wildman–Crippen LogP) is 3.82. The number of benzene rings is 3. The number of rotatable bonds is 31. The maximum absolute atomic E-state index is 13.3. The fourth-order valence-electron chi connectivity index (χ4n) is 7.27. The summed E-state index contributed by atoms with van der Waals surface area (Å²) in [6, 6.07) is 14.6. The summed E-state index contributed by atoms with van der Waals surface area (Å²) in [5, 5.41) is 59.8. The Morgan fingerprint density at radius 3 is 2.08 bits per heavy atom. The van der Waals surface area contributed by atoms with Gasteiger partial charge in [-0.3, -0.25) is 28.8 Å². The largest absolute Gasteiger partial charge is 0.508 e. The topological polar surface area (TPSA) is 340 Å². The highest BCUT2D eigenvalue weighted by molar-refractivity contribution is 7.80. The van der Waals surface area contributed by atoms with Gasteiger partial charge in [-0.05, 0) is 79.9 Å². The quantitative estimate of drug-likeness (QED) is 0.0322. The highest BCUT2D eigenvalue weighted by Gasteiger charge is 2.24. The van der Waals surface area contributed by atoms with Crippen molar-refractivity contribution in [3.63, 3.8) is 0 Å². The van der Waals surface area contributed by atoms with E-state index in [1.165, 1.54) is 48.6 Å². The lowest BCUT2D eigenvalue weighted by Crippen LogP contribution is -2.50. The first-order valence-electron chi connectivity index (χ1n) is 24.1. The number of aromatic hydroxyl groups is 1. The summed E-state index contributed by atoms with van der Waals surface area (Å²) in [4.78, 5) is 110. The van der Waals surface area contributed by atoms with Crippen LogP contribution in [0, 0.1) is 0 Å². The van der Waals surface area contributed by atoms with Crippen LogP contribution in [0.1, 0.15) is 80.1 Å². The van der Waals surface area contributed by atoms with Gasteiger partial charge in [0.25, 0.3) is 0 Å². The molecule has 0 radical (unpaired) electrons. The van der Waals surface area contributed by atoms with Gasteiger partial charge in [-0.2, -0.15) is 0 Å². The van der Waals surface area contributed by atoms with Gasteiger partial charge < -0.3 is 67.7 Å². The molecule has 0 bridgehead atoms. The molecule has 12 N–H and O–H groups in total. The summed E-state index contributed by atoms with van der Waals surface area (Å²) in [5.41, 5.74) is 1.97. The van der Waals surface area contributed by atoms with Crippen LogP contribution < -0.4 is 47.3 Å². The Balaban J connectivity index is 1.14. The minimum absolute atomic E-state index is 0.0496. The molecule has 23 heteroatoms. The number of ketones is 1. The van der Waals surface area contributed by atoms with Crippen LogP contribution in [-0.2, 0) is 40.0 Å². The number of carboxylic acids is 3. The summed E-state index contributed by atoms with van der Waals surface area (Å²) >= 11 is 5.39. The van der Waals surface area contributed by atoms with Crippen molar-refractivity contribution >= 4 is 76.4 Å². The molecule has 0 heterocycles. The van der Waals surface area contributed by atoms with Crippen molar-refractivity contribution in [1.29, 1.82) is 0 Å². The van der Waals surface area contributed by atoms with E-state index >= 15 is 0 Å². The number of aromatic carboxylic acids is 1. The van der Waals surface area contributed by atoms with Gasteiger partial charge in [-0.15, -0.1) is 0 Å². The van der Waals surface area contributed by atoms with Crippen molar-refractivity contribution in [2.75, 3.05) is 38.0 Å². The summed E-state index contributed by atoms with van der Waals surface area (Å²) in [6.45, 7) is 4.14. The van der Waals surface area contributed by atoms with E-state index in [2.05, 4.69) is 49.1 Å². The molecule has 0 saturated heterocycles. The zero-order valence-corrected chi connectivity index (χ0v) is 41.9. The number of carboxylic acid groups (broad SMARTS) is 3. The third-order valence-electron chi connectivity index (χ3n) is 11.1. The molecule has 6 amide bonds. The number of hydrogen-bond donors (Lipinski definition) is 12. The summed E-state index contributed by atoms with van der Waals surface area (Å²) < 4.78 is 5.93. The second-order valence-corrected chi connectivity index (χ2v) is 17.5. The maximum Gasteiger partial charge on any atom is 0.336 e. The fourth-order valence-corrected chi connectivity index (χ4v) is 7.49. The Bertz CT molecular complexity index is 2640. The number of amides is 6. The Morgan fingerprint density at radius 2 is 1.35 bits per heavy atom. The molecular formula is C52H62N8O14S. The van der Waals surface area contributed by atoms with Gasteiger partial charge in [0.05, 0.1) is 12.1 Å². The van der Waals surface area contributed by atoms with Crippen molar-refractivity contribution < 1.29 is 68.3 Å². The van der Waals surface area contributed by atoms with E-state index < -0.39 is 47.8 Å². The van der Waals surface area contributed by atoms with E-state index in [9.17, 15) is 58.5 Å². The molecule has 22 nitrogen and oxygen atoms in total. The number of urea groups is 1. The molecule has 1 aliphatic carbocycles. The van der Waals surface area contributed by atoms with E-state index in [4.69, 9.17) is 22.1 Å². The van der Waals surface area contributed by atoms with Crippen LogP contribution in [0.2, 0.25) is 0 Å². The number of carbonyl (C=O) groups is 9. The SMILES string of the molecule is C=C1C=CC(=O)C=C1Oc1cc(O)ccc1-c1ccc(NC(=S)NCCNC(=O)CNC(=O)C(Cc2ccccc2)NC(=O)CCCCCCCNC(=O)CCC(NC(=O)NCCCC(=O)O)C(=O)O)cc1C(=O)O. The van der Waals surface area contributed by atoms with Crippen LogP contribution in [0.3, 0.4) is 0 Å². The van der Waals surface area contributed by atoms with Crippen molar-refractivity contribution in [3.05, 3.63) is 114 Å². The predicted molar refractivity (Wildman–Crippen MR) is 280 cm³/mol. The zero-order valence-electron chi connectivity index (χ0n) is 41.0. The lowest BCUT2D eigenvalue weighted by molar-refractivity contribution is -0.139. The average Bonchev–Trinajstić information content (AvgIpc) is 3.36. The number of allylic oxidation sites excluding steroid dienone is 3. The second-order valence-electron chi connectivity index (χ2n) is 17.1. The molecule has 2 unspecified atom stereocenters. The smallest absolute Gasteiger partial charge is 0.336 e. The third kappa shape index (κ3) is 22.0. The second kappa shape index (κ2) is 31.1. The number of phenolic OH excluding ortho intramolecular Hbond substituents is 1. The molecule has 0 aliphatic heterocycles. The molecule has 4 rings (SSSR count). The van der Waals surface area contributed by atoms with Gasteiger partial charge in [-0.1, -0.05) is 62.2 Å². The van der Waals surface area contributed by atoms with Gasteiger partial charge in [0.2, 0.25) is 23.6 Å². The molecule has 75 heavy (non-hydrogen) atoms. The zero-order chi connectivity index (χ0) is 54.7. The molecule has 3 aromatic carbocycles. The highest BCUT2D eigenvalue weighted by atomic mass is 32.1. The molecule has 0 fully saturated rings. The number of ether oxygens (including phenoxy) is 1. The van der Waals surface area contributed by atoms with Crippen LogP contribution in [0.25, 0.3) is 11.1 Å². The molecule has 0 saturated carbocycles. The number of phenols is 1. The number of anilines is 1. The van der Waals surface area contributed by atoms with Gasteiger partial charge in [-0.25, -0.2) is 14.4 Å². The molecule has 0 spiro atoms. The first-order chi connectivity index (χ1) is 35.9. The minimum atomic E-state index is -1.31. The number of nitrogens with one attached hydrogen (secondary N) is 8. The standard InChI is InChI=1S/C52H62N8O14S/c1-32-15-17-35(61)29-42(32)74-43-30-36(62)18-20-38(43)37-19-16-34(28-39(37)49(69)70)58-52(75)56-26-25-54-46(65)31-57-48(68)41(27-33-11-6-5-7-12-33)59-45(64)13-8-3-2-4-9-23-53-44(63)22-21-40(50(71)72)60-51(73)55-24-10-14-47(66)67/h5-7,11-12,15-20,28-30,40-41,62H,1-4,8-10,13-14,21-27,31H2,(H,53,63)(H,54,65)(H,57,68)(H,59,64)(H,66,67)(H,69,70)(H,71,72)(H2,55,60,73)(H2,56,58,75). The lowest BCUT2D eigenvalue weighted by atomic mass is 9.97. The number of hydrogen-bond acceptors (Lipinski definition) is 12. The lowest BCUT2D eigenvalue weighted by Gasteiger charge is -2.19. The summed E-state index contributed by atoms with van der Waals surface area (Å²) in [5.74, 6) is -5.63. The van der Waals surface area contributed by atoms with Crippen LogP contribution >= 0.6 is 12.2 Å². The van der Waals surface area contributed by atoms with E-state index in [0.717, 1.165) is 18.4 Å². The Morgan fingerprint density at radius 1 is 0.653 bits per heavy atom. The molecule has 2 atom stereocenters. The number of aliphatic carboxylic acids is 2. The monoisotopic (exact) mass is 1050 g/mol. The Kier molecular flexibility index (Phi) is 24.4. The van der Waals surface area contributed by atoms with Crippen LogP contribution in [0.5, 0.6) is 11.5 Å². The van der Waals surface area contributed by atoms with E-state index in [1.54, 1.807) is 18.2 Å². The molecular weight excluding hydrogens is 993 g/mol. The fraction of sp³-hybridized carbons (Fsp3) is 0.346. The first kappa shape index (κ1) is 59.0. The number of unbranched alkanes of at least 4 members (excludes halogenated alkanes) is 4. The van der Waals surface area contributed by atoms with E-state index in [1.807, 2.05) is 18.2 Å². The van der Waals surface area contributed by atoms with Crippen molar-refractivity contribution in [3.8, 4) is 22.6 Å². The third-order valence-corrected chi connectivity index (χ3v) is 11.4. The van der Waals surface area contributed by atoms with Crippen LogP contribution in [-0.4, -0.2) is 124 Å². The van der Waals surface area contributed by atoms with Gasteiger partial charge in [0.15, 0.2) is 10.9 Å². The molecule has 400 valence electrons. The summed E-state index contributed by atoms with van der Waals surface area (Å²) in [6.07, 6.45) is 7.52. The van der Waals surface area contributed by atoms with Gasteiger partial charge in [0, 0.05) is 86.4 Å². The molecule has 1 aliphatic rings. The van der Waals surface area contributed by atoms with Crippen LogP contribution in [0.4, 0.5) is 10.5 Å². The minimum Gasteiger partial charge on any atom is -0.508 e. The summed E-state index contributed by atoms with van der Waals surface area (Å²) in [7, 11) is 0. The number of carbonyl (C=O) groups excluding carboxylic acids is 6. The van der Waals surface area contributed by atoms with E-state index in [-0.39, 0.29) is 116 Å². The van der Waals surface area contributed by atoms with Crippen molar-refractivity contribution in [2.45, 2.75) is 82.7 Å². The highest BCUT2D eigenvalue weighted by Crippen LogP contribution is 2.38. The maximum atomic E-state index is 13.3. The number of thiocarbonyl (C=S) groups is 1. The van der Waals surface area contributed by atoms with Crippen molar-refractivity contribution in [2.24, 2.45) is 0 Å². The Labute approximate surface area is 437 Å². The van der Waals surface area contributed by atoms with Gasteiger partial charge in [0.1, 0.15) is 29.3 Å².